The Morgan fingerprint density at radius 1 is 1.80 bits per heavy atom. The third kappa shape index (κ3) is 2.58. The molecule has 0 aromatic carbocycles. The van der Waals surface area contributed by atoms with E-state index in [9.17, 15) is 4.79 Å². The van der Waals surface area contributed by atoms with Crippen LogP contribution in [0.5, 0.6) is 0 Å². The summed E-state index contributed by atoms with van der Waals surface area (Å²) in [4.78, 5) is 10.2. The van der Waals surface area contributed by atoms with Gasteiger partial charge in [-0.2, -0.15) is 11.8 Å². The molecular weight excluding hydrogens is 150 g/mol. The van der Waals surface area contributed by atoms with Gasteiger partial charge in [-0.3, -0.25) is 4.79 Å². The third-order valence-corrected chi connectivity index (χ3v) is 2.65. The lowest BCUT2D eigenvalue weighted by atomic mass is 10.3. The first-order valence-electron chi connectivity index (χ1n) is 3.33. The molecule has 1 aliphatic heterocycles. The van der Waals surface area contributed by atoms with E-state index < -0.39 is 5.97 Å². The van der Waals surface area contributed by atoms with Crippen LogP contribution in [0.2, 0.25) is 0 Å². The van der Waals surface area contributed by atoms with Gasteiger partial charge in [-0.1, -0.05) is 0 Å². The summed E-state index contributed by atoms with van der Waals surface area (Å²) >= 11 is 1.75. The van der Waals surface area contributed by atoms with E-state index in [0.717, 1.165) is 18.8 Å². The number of rotatable bonds is 2. The minimum Gasteiger partial charge on any atom is -0.481 e. The zero-order valence-corrected chi connectivity index (χ0v) is 6.49. The molecule has 0 aromatic heterocycles. The van der Waals surface area contributed by atoms with Crippen LogP contribution in [0.3, 0.4) is 0 Å². The Kier molecular flexibility index (Phi) is 3.02. The lowest BCUT2D eigenvalue weighted by Gasteiger charge is -2.20. The van der Waals surface area contributed by atoms with Crippen LogP contribution in [0, 0.1) is 0 Å². The second kappa shape index (κ2) is 3.83. The van der Waals surface area contributed by atoms with Crippen LogP contribution < -0.4 is 5.32 Å². The highest BCUT2D eigenvalue weighted by atomic mass is 32.2. The number of hydrogen-bond acceptors (Lipinski definition) is 3. The zero-order valence-electron chi connectivity index (χ0n) is 5.67. The van der Waals surface area contributed by atoms with Crippen molar-refractivity contribution >= 4 is 17.7 Å². The van der Waals surface area contributed by atoms with Crippen molar-refractivity contribution in [1.29, 1.82) is 0 Å². The molecule has 0 aliphatic carbocycles. The molecule has 0 unspecified atom stereocenters. The summed E-state index contributed by atoms with van der Waals surface area (Å²) < 4.78 is 0. The van der Waals surface area contributed by atoms with Gasteiger partial charge in [0.2, 0.25) is 0 Å². The standard InChI is InChI=1S/C6H11NO2S/c8-6(9)3-5-4-7-1-2-10-5/h5,7H,1-4H2,(H,8,9)/t5-/m0/s1. The SMILES string of the molecule is O=C(O)C[C@H]1CNCCS1. The molecule has 1 fully saturated rings. The molecule has 1 atom stereocenters. The van der Waals surface area contributed by atoms with Gasteiger partial charge in [-0.05, 0) is 0 Å². The van der Waals surface area contributed by atoms with Crippen LogP contribution >= 0.6 is 11.8 Å². The van der Waals surface area contributed by atoms with Crippen molar-refractivity contribution in [2.24, 2.45) is 0 Å². The molecule has 4 heteroatoms. The highest BCUT2D eigenvalue weighted by molar-refractivity contribution is 8.00. The Hall–Kier alpha value is -0.220. The number of hydrogen-bond donors (Lipinski definition) is 2. The van der Waals surface area contributed by atoms with Gasteiger partial charge in [0.1, 0.15) is 0 Å². The summed E-state index contributed by atoms with van der Waals surface area (Å²) in [6.07, 6.45) is 0.289. The minimum atomic E-state index is -0.693. The van der Waals surface area contributed by atoms with Gasteiger partial charge in [0.25, 0.3) is 0 Å². The molecule has 0 spiro atoms. The quantitative estimate of drug-likeness (QED) is 0.606. The first kappa shape index (κ1) is 7.88. The fourth-order valence-corrected chi connectivity index (χ4v) is 2.04. The molecule has 0 amide bonds. The largest absolute Gasteiger partial charge is 0.481 e. The number of aliphatic carboxylic acids is 1. The predicted molar refractivity (Wildman–Crippen MR) is 41.4 cm³/mol. The highest BCUT2D eigenvalue weighted by Gasteiger charge is 2.15. The number of nitrogens with one attached hydrogen (secondary N) is 1. The average molecular weight is 161 g/mol. The lowest BCUT2D eigenvalue weighted by molar-refractivity contribution is -0.136. The summed E-state index contributed by atoms with van der Waals surface area (Å²) in [5, 5.41) is 11.9. The topological polar surface area (TPSA) is 49.3 Å². The van der Waals surface area contributed by atoms with Gasteiger partial charge in [0.15, 0.2) is 0 Å². The maximum absolute atomic E-state index is 10.2. The van der Waals surface area contributed by atoms with Crippen LogP contribution in [-0.4, -0.2) is 35.2 Å². The molecule has 3 nitrogen and oxygen atoms in total. The summed E-state index contributed by atoms with van der Waals surface area (Å²) in [6.45, 7) is 1.86. The first-order valence-corrected chi connectivity index (χ1v) is 4.38. The molecule has 1 saturated heterocycles. The molecule has 58 valence electrons. The van der Waals surface area contributed by atoms with Crippen molar-refractivity contribution in [3.63, 3.8) is 0 Å². The number of carboxylic acids is 1. The van der Waals surface area contributed by atoms with Crippen LogP contribution in [0.15, 0.2) is 0 Å². The zero-order chi connectivity index (χ0) is 7.40. The Morgan fingerprint density at radius 3 is 3.10 bits per heavy atom. The normalized spacial score (nSPS) is 26.2. The van der Waals surface area contributed by atoms with E-state index in [-0.39, 0.29) is 11.7 Å². The maximum Gasteiger partial charge on any atom is 0.304 e. The van der Waals surface area contributed by atoms with Crippen molar-refractivity contribution in [1.82, 2.24) is 5.32 Å². The van der Waals surface area contributed by atoms with Gasteiger partial charge in [-0.25, -0.2) is 0 Å². The molecule has 0 aromatic rings. The van der Waals surface area contributed by atoms with E-state index in [1.165, 1.54) is 0 Å². The van der Waals surface area contributed by atoms with Crippen LogP contribution in [-0.2, 0) is 4.79 Å². The number of thioether (sulfide) groups is 1. The molecule has 1 heterocycles. The summed E-state index contributed by atoms with van der Waals surface area (Å²) in [6, 6.07) is 0. The second-order valence-corrected chi connectivity index (χ2v) is 3.70. The van der Waals surface area contributed by atoms with Crippen molar-refractivity contribution in [2.75, 3.05) is 18.8 Å². The summed E-state index contributed by atoms with van der Waals surface area (Å²) in [5.41, 5.74) is 0. The van der Waals surface area contributed by atoms with E-state index in [0.29, 0.717) is 0 Å². The average Bonchev–Trinajstić information content (AvgIpc) is 1.88. The first-order chi connectivity index (χ1) is 4.79. The predicted octanol–water partition coefficient (Wildman–Crippen LogP) is 0.166. The molecule has 1 rings (SSSR count). The highest BCUT2D eigenvalue weighted by Crippen LogP contribution is 2.15. The van der Waals surface area contributed by atoms with E-state index in [1.807, 2.05) is 0 Å². The van der Waals surface area contributed by atoms with Gasteiger partial charge < -0.3 is 10.4 Å². The Balaban J connectivity index is 2.19. The Labute approximate surface area is 64.2 Å². The molecule has 0 bridgehead atoms. The summed E-state index contributed by atoms with van der Waals surface area (Å²) in [5.74, 6) is 0.346. The van der Waals surface area contributed by atoms with E-state index in [4.69, 9.17) is 5.11 Å². The van der Waals surface area contributed by atoms with Crippen LogP contribution in [0.1, 0.15) is 6.42 Å². The third-order valence-electron chi connectivity index (χ3n) is 1.41. The van der Waals surface area contributed by atoms with Crippen molar-refractivity contribution in [3.8, 4) is 0 Å². The summed E-state index contributed by atoms with van der Waals surface area (Å²) in [7, 11) is 0. The molecule has 0 radical (unpaired) electrons. The maximum atomic E-state index is 10.2. The molecular formula is C6H11NO2S. The Morgan fingerprint density at radius 2 is 2.60 bits per heavy atom. The molecule has 0 saturated carbocycles. The Bertz CT molecular complexity index is 123. The fourth-order valence-electron chi connectivity index (χ4n) is 0.946. The van der Waals surface area contributed by atoms with E-state index in [2.05, 4.69) is 5.32 Å². The van der Waals surface area contributed by atoms with E-state index in [1.54, 1.807) is 11.8 Å². The lowest BCUT2D eigenvalue weighted by Crippen LogP contribution is -2.33. The van der Waals surface area contributed by atoms with E-state index >= 15 is 0 Å². The van der Waals surface area contributed by atoms with Gasteiger partial charge >= 0.3 is 5.97 Å². The van der Waals surface area contributed by atoms with Gasteiger partial charge in [0.05, 0.1) is 6.42 Å². The second-order valence-electron chi connectivity index (χ2n) is 2.29. The van der Waals surface area contributed by atoms with Gasteiger partial charge in [0, 0.05) is 24.1 Å². The van der Waals surface area contributed by atoms with Gasteiger partial charge in [-0.15, -0.1) is 0 Å². The van der Waals surface area contributed by atoms with Crippen LogP contribution in [0.25, 0.3) is 0 Å². The van der Waals surface area contributed by atoms with Crippen molar-refractivity contribution in [3.05, 3.63) is 0 Å². The monoisotopic (exact) mass is 161 g/mol. The van der Waals surface area contributed by atoms with Crippen molar-refractivity contribution < 1.29 is 9.90 Å². The molecule has 1 aliphatic rings. The molecule has 2 N–H and O–H groups in total. The number of carbonyl (C=O) groups is 1. The van der Waals surface area contributed by atoms with Crippen LogP contribution in [0.4, 0.5) is 0 Å². The smallest absolute Gasteiger partial charge is 0.304 e. The minimum absolute atomic E-state index is 0.284. The van der Waals surface area contributed by atoms with Crippen molar-refractivity contribution in [2.45, 2.75) is 11.7 Å². The molecule has 10 heavy (non-hydrogen) atoms. The fraction of sp³-hybridized carbons (Fsp3) is 0.833. The number of carboxylic acid groups (broad SMARTS) is 1.